The van der Waals surface area contributed by atoms with Crippen LogP contribution in [0, 0.1) is 5.82 Å². The molecule has 0 amide bonds. The van der Waals surface area contributed by atoms with Crippen molar-refractivity contribution in [3.8, 4) is 0 Å². The second-order valence-corrected chi connectivity index (χ2v) is 6.56. The number of benzene rings is 1. The first kappa shape index (κ1) is 16.6. The molecule has 0 spiro atoms. The monoisotopic (exact) mass is 337 g/mol. The molecule has 4 nitrogen and oxygen atoms in total. The van der Waals surface area contributed by atoms with E-state index in [2.05, 4.69) is 15.1 Å². The SMILES string of the molecule is Fc1ccccc1CN1CCN(C(=S)NCC2CCCO2)CC1. The molecule has 1 N–H and O–H groups in total. The van der Waals surface area contributed by atoms with Crippen molar-refractivity contribution in [3.05, 3.63) is 35.6 Å². The number of hydrogen-bond acceptors (Lipinski definition) is 3. The molecule has 0 bridgehead atoms. The van der Waals surface area contributed by atoms with Gasteiger partial charge in [0.25, 0.3) is 0 Å². The van der Waals surface area contributed by atoms with Crippen molar-refractivity contribution in [1.82, 2.24) is 15.1 Å². The molecule has 1 aromatic rings. The molecular weight excluding hydrogens is 313 g/mol. The summed E-state index contributed by atoms with van der Waals surface area (Å²) in [7, 11) is 0. The molecule has 0 saturated carbocycles. The van der Waals surface area contributed by atoms with Gasteiger partial charge in [-0.25, -0.2) is 4.39 Å². The Hall–Kier alpha value is -1.24. The van der Waals surface area contributed by atoms with Crippen molar-refractivity contribution in [3.63, 3.8) is 0 Å². The van der Waals surface area contributed by atoms with E-state index in [0.29, 0.717) is 12.6 Å². The highest BCUT2D eigenvalue weighted by Gasteiger charge is 2.21. The molecule has 2 heterocycles. The van der Waals surface area contributed by atoms with E-state index in [4.69, 9.17) is 17.0 Å². The Balaban J connectivity index is 1.41. The molecule has 1 atom stereocenters. The zero-order valence-corrected chi connectivity index (χ0v) is 14.2. The highest BCUT2D eigenvalue weighted by molar-refractivity contribution is 7.80. The molecular formula is C17H24FN3OS. The molecule has 6 heteroatoms. The molecule has 0 radical (unpaired) electrons. The van der Waals surface area contributed by atoms with Crippen LogP contribution in [0.1, 0.15) is 18.4 Å². The minimum atomic E-state index is -0.122. The van der Waals surface area contributed by atoms with Crippen molar-refractivity contribution in [2.45, 2.75) is 25.5 Å². The standard InChI is InChI=1S/C17H24FN3OS/c18-16-6-2-1-4-14(16)13-20-7-9-21(10-8-20)17(23)19-12-15-5-3-11-22-15/h1-2,4,6,15H,3,5,7-13H2,(H,19,23). The lowest BCUT2D eigenvalue weighted by molar-refractivity contribution is 0.112. The zero-order chi connectivity index (χ0) is 16.1. The minimum Gasteiger partial charge on any atom is -0.376 e. The van der Waals surface area contributed by atoms with E-state index in [1.165, 1.54) is 6.07 Å². The molecule has 2 saturated heterocycles. The molecule has 23 heavy (non-hydrogen) atoms. The highest BCUT2D eigenvalue weighted by atomic mass is 32.1. The van der Waals surface area contributed by atoms with Crippen molar-refractivity contribution < 1.29 is 9.13 Å². The van der Waals surface area contributed by atoms with E-state index in [0.717, 1.165) is 62.8 Å². The van der Waals surface area contributed by atoms with Gasteiger partial charge in [0.05, 0.1) is 6.10 Å². The number of halogens is 1. The van der Waals surface area contributed by atoms with E-state index in [1.54, 1.807) is 6.07 Å². The van der Waals surface area contributed by atoms with Crippen LogP contribution in [0.4, 0.5) is 4.39 Å². The second kappa shape index (κ2) is 8.04. The lowest BCUT2D eigenvalue weighted by Crippen LogP contribution is -2.52. The van der Waals surface area contributed by atoms with Crippen molar-refractivity contribution >= 4 is 17.3 Å². The smallest absolute Gasteiger partial charge is 0.169 e. The predicted octanol–water partition coefficient (Wildman–Crippen LogP) is 2.00. The van der Waals surface area contributed by atoms with E-state index < -0.39 is 0 Å². The van der Waals surface area contributed by atoms with Crippen LogP contribution in [0.2, 0.25) is 0 Å². The maximum atomic E-state index is 13.7. The van der Waals surface area contributed by atoms with E-state index >= 15 is 0 Å². The van der Waals surface area contributed by atoms with Gasteiger partial charge in [-0.05, 0) is 31.1 Å². The Bertz CT molecular complexity index is 528. The van der Waals surface area contributed by atoms with E-state index in [-0.39, 0.29) is 5.82 Å². The topological polar surface area (TPSA) is 27.7 Å². The lowest BCUT2D eigenvalue weighted by atomic mass is 10.2. The van der Waals surface area contributed by atoms with Crippen LogP contribution in [-0.2, 0) is 11.3 Å². The molecule has 3 rings (SSSR count). The van der Waals surface area contributed by atoms with E-state index in [1.807, 2.05) is 12.1 Å². The first-order valence-corrected chi connectivity index (χ1v) is 8.73. The Morgan fingerprint density at radius 2 is 2.04 bits per heavy atom. The Morgan fingerprint density at radius 3 is 2.74 bits per heavy atom. The summed E-state index contributed by atoms with van der Waals surface area (Å²) in [4.78, 5) is 4.47. The molecule has 1 unspecified atom stereocenters. The fourth-order valence-corrected chi connectivity index (χ4v) is 3.36. The Morgan fingerprint density at radius 1 is 1.26 bits per heavy atom. The van der Waals surface area contributed by atoms with Gasteiger partial charge >= 0.3 is 0 Å². The number of ether oxygens (including phenoxy) is 1. The average Bonchev–Trinajstić information content (AvgIpc) is 3.09. The quantitative estimate of drug-likeness (QED) is 0.849. The van der Waals surface area contributed by atoms with E-state index in [9.17, 15) is 4.39 Å². The van der Waals surface area contributed by atoms with Crippen LogP contribution in [-0.4, -0.2) is 60.3 Å². The third-order valence-electron chi connectivity index (χ3n) is 4.52. The van der Waals surface area contributed by atoms with Gasteiger partial charge in [-0.15, -0.1) is 0 Å². The fourth-order valence-electron chi connectivity index (χ4n) is 3.09. The molecule has 2 aliphatic rings. The summed E-state index contributed by atoms with van der Waals surface area (Å²) >= 11 is 5.48. The van der Waals surface area contributed by atoms with Crippen LogP contribution in [0.25, 0.3) is 0 Å². The number of hydrogen-bond donors (Lipinski definition) is 1. The van der Waals surface area contributed by atoms with Gasteiger partial charge in [-0.3, -0.25) is 4.90 Å². The van der Waals surface area contributed by atoms with Gasteiger partial charge < -0.3 is 15.0 Å². The third-order valence-corrected chi connectivity index (χ3v) is 4.92. The molecule has 0 aliphatic carbocycles. The van der Waals surface area contributed by atoms with Gasteiger partial charge in [0.1, 0.15) is 5.82 Å². The molecule has 2 fully saturated rings. The van der Waals surface area contributed by atoms with Gasteiger partial charge in [-0.1, -0.05) is 18.2 Å². The minimum absolute atomic E-state index is 0.122. The maximum Gasteiger partial charge on any atom is 0.169 e. The van der Waals surface area contributed by atoms with Crippen molar-refractivity contribution in [2.24, 2.45) is 0 Å². The summed E-state index contributed by atoms with van der Waals surface area (Å²) in [6.45, 7) is 5.89. The van der Waals surface area contributed by atoms with Crippen LogP contribution in [0.5, 0.6) is 0 Å². The summed E-state index contributed by atoms with van der Waals surface area (Å²) in [5.74, 6) is -0.122. The lowest BCUT2D eigenvalue weighted by Gasteiger charge is -2.36. The number of thiocarbonyl (C=S) groups is 1. The number of nitrogens with one attached hydrogen (secondary N) is 1. The number of rotatable bonds is 4. The summed E-state index contributed by atoms with van der Waals surface area (Å²) in [5.41, 5.74) is 0.764. The van der Waals surface area contributed by atoms with Crippen LogP contribution < -0.4 is 5.32 Å². The maximum absolute atomic E-state index is 13.7. The number of nitrogens with zero attached hydrogens (tertiary/aromatic N) is 2. The average molecular weight is 337 g/mol. The van der Waals surface area contributed by atoms with Crippen molar-refractivity contribution in [2.75, 3.05) is 39.3 Å². The predicted molar refractivity (Wildman–Crippen MR) is 92.8 cm³/mol. The molecule has 0 aromatic heterocycles. The summed E-state index contributed by atoms with van der Waals surface area (Å²) in [6, 6.07) is 7.00. The Labute approximate surface area is 142 Å². The summed E-state index contributed by atoms with van der Waals surface area (Å²) in [6.07, 6.45) is 2.56. The number of piperazine rings is 1. The first-order valence-electron chi connectivity index (χ1n) is 8.32. The summed E-state index contributed by atoms with van der Waals surface area (Å²) < 4.78 is 19.3. The normalized spacial score (nSPS) is 22.3. The first-order chi connectivity index (χ1) is 11.2. The summed E-state index contributed by atoms with van der Waals surface area (Å²) in [5, 5.41) is 4.13. The molecule has 126 valence electrons. The van der Waals surface area contributed by atoms with Crippen molar-refractivity contribution in [1.29, 1.82) is 0 Å². The van der Waals surface area contributed by atoms with Crippen LogP contribution in [0.3, 0.4) is 0 Å². The Kier molecular flexibility index (Phi) is 5.80. The molecule has 1 aromatic carbocycles. The fraction of sp³-hybridized carbons (Fsp3) is 0.588. The van der Waals surface area contributed by atoms with Gasteiger partial charge in [-0.2, -0.15) is 0 Å². The zero-order valence-electron chi connectivity index (χ0n) is 13.3. The second-order valence-electron chi connectivity index (χ2n) is 6.18. The van der Waals surface area contributed by atoms with Gasteiger partial charge in [0.2, 0.25) is 0 Å². The third kappa shape index (κ3) is 4.62. The van der Waals surface area contributed by atoms with Crippen LogP contribution >= 0.6 is 12.2 Å². The largest absolute Gasteiger partial charge is 0.376 e. The highest BCUT2D eigenvalue weighted by Crippen LogP contribution is 2.13. The van der Waals surface area contributed by atoms with Gasteiger partial charge in [0.15, 0.2) is 5.11 Å². The molecule has 2 aliphatic heterocycles. The van der Waals surface area contributed by atoms with Crippen LogP contribution in [0.15, 0.2) is 24.3 Å². The van der Waals surface area contributed by atoms with Gasteiger partial charge in [0, 0.05) is 51.4 Å².